The van der Waals surface area contributed by atoms with Crippen LogP contribution < -0.4 is 10.6 Å². The number of nitrogens with one attached hydrogen (secondary N) is 2. The van der Waals surface area contributed by atoms with Crippen LogP contribution >= 0.6 is 0 Å². The summed E-state index contributed by atoms with van der Waals surface area (Å²) in [5.74, 6) is 0. The number of hydrogen-bond acceptors (Lipinski definition) is 1. The monoisotopic (exact) mass is 294 g/mol. The first-order valence-electron chi connectivity index (χ1n) is 7.96. The van der Waals surface area contributed by atoms with Crippen molar-refractivity contribution in [2.45, 2.75) is 38.6 Å². The van der Waals surface area contributed by atoms with E-state index in [1.165, 1.54) is 36.0 Å². The minimum Gasteiger partial charge on any atom is -0.331 e. The first-order chi connectivity index (χ1) is 10.7. The second-order valence-corrected chi connectivity index (χ2v) is 5.92. The highest BCUT2D eigenvalue weighted by Crippen LogP contribution is 2.24. The third-order valence-corrected chi connectivity index (χ3v) is 4.25. The van der Waals surface area contributed by atoms with E-state index >= 15 is 0 Å². The van der Waals surface area contributed by atoms with Crippen molar-refractivity contribution in [2.24, 2.45) is 0 Å². The van der Waals surface area contributed by atoms with Gasteiger partial charge in [0.15, 0.2) is 0 Å². The van der Waals surface area contributed by atoms with E-state index < -0.39 is 0 Å². The molecule has 114 valence electrons. The Morgan fingerprint density at radius 1 is 1.00 bits per heavy atom. The summed E-state index contributed by atoms with van der Waals surface area (Å²) >= 11 is 0. The molecule has 0 saturated carbocycles. The number of fused-ring (bicyclic) bond motifs is 1. The van der Waals surface area contributed by atoms with Gasteiger partial charge < -0.3 is 10.6 Å². The number of urea groups is 1. The second kappa shape index (κ2) is 6.65. The maximum atomic E-state index is 12.1. The summed E-state index contributed by atoms with van der Waals surface area (Å²) in [6.07, 6.45) is 4.91. The van der Waals surface area contributed by atoms with Crippen LogP contribution in [0.3, 0.4) is 0 Å². The summed E-state index contributed by atoms with van der Waals surface area (Å²) in [4.78, 5) is 12.1. The molecule has 1 aliphatic rings. The van der Waals surface area contributed by atoms with Crippen molar-refractivity contribution < 1.29 is 4.79 Å². The van der Waals surface area contributed by atoms with Crippen LogP contribution in [0.1, 0.15) is 42.5 Å². The van der Waals surface area contributed by atoms with E-state index in [0.717, 1.165) is 12.1 Å². The topological polar surface area (TPSA) is 41.1 Å². The zero-order chi connectivity index (χ0) is 15.4. The van der Waals surface area contributed by atoms with E-state index in [4.69, 9.17) is 0 Å². The molecule has 1 atom stereocenters. The number of carbonyl (C=O) groups excluding carboxylic acids is 1. The summed E-state index contributed by atoms with van der Waals surface area (Å²) in [5, 5.41) is 5.86. The van der Waals surface area contributed by atoms with Crippen LogP contribution in [0.5, 0.6) is 0 Å². The molecule has 3 nitrogen and oxygen atoms in total. The van der Waals surface area contributed by atoms with Crippen LogP contribution in [0.2, 0.25) is 0 Å². The highest BCUT2D eigenvalue weighted by atomic mass is 16.2. The van der Waals surface area contributed by atoms with Crippen LogP contribution in [-0.4, -0.2) is 6.03 Å². The lowest BCUT2D eigenvalue weighted by atomic mass is 9.89. The Balaban J connectivity index is 1.64. The number of anilines is 1. The molecule has 2 aromatic carbocycles. The Bertz CT molecular complexity index is 652. The van der Waals surface area contributed by atoms with Gasteiger partial charge >= 0.3 is 6.03 Å². The maximum Gasteiger partial charge on any atom is 0.319 e. The lowest BCUT2D eigenvalue weighted by Gasteiger charge is -2.20. The fourth-order valence-corrected chi connectivity index (χ4v) is 2.99. The van der Waals surface area contributed by atoms with Crippen molar-refractivity contribution >= 4 is 11.7 Å². The van der Waals surface area contributed by atoms with E-state index in [1.807, 2.05) is 37.3 Å². The average Bonchev–Trinajstić information content (AvgIpc) is 2.55. The van der Waals surface area contributed by atoms with Crippen LogP contribution in [0.15, 0.2) is 48.5 Å². The van der Waals surface area contributed by atoms with Gasteiger partial charge in [-0.1, -0.05) is 36.4 Å². The zero-order valence-corrected chi connectivity index (χ0v) is 12.9. The molecule has 2 amide bonds. The van der Waals surface area contributed by atoms with Gasteiger partial charge in [-0.05, 0) is 61.4 Å². The predicted molar refractivity (Wildman–Crippen MR) is 90.1 cm³/mol. The van der Waals surface area contributed by atoms with Crippen molar-refractivity contribution in [3.05, 3.63) is 65.2 Å². The first kappa shape index (κ1) is 14.6. The largest absolute Gasteiger partial charge is 0.331 e. The van der Waals surface area contributed by atoms with E-state index in [-0.39, 0.29) is 12.1 Å². The van der Waals surface area contributed by atoms with Crippen molar-refractivity contribution in [3.63, 3.8) is 0 Å². The van der Waals surface area contributed by atoms with Gasteiger partial charge in [0.2, 0.25) is 0 Å². The molecule has 3 rings (SSSR count). The number of rotatable bonds is 3. The molecular weight excluding hydrogens is 272 g/mol. The predicted octanol–water partition coefficient (Wildman–Crippen LogP) is 4.45. The zero-order valence-electron chi connectivity index (χ0n) is 12.9. The van der Waals surface area contributed by atoms with E-state index in [2.05, 4.69) is 28.8 Å². The van der Waals surface area contributed by atoms with E-state index in [1.54, 1.807) is 0 Å². The highest BCUT2D eigenvalue weighted by molar-refractivity contribution is 5.89. The smallest absolute Gasteiger partial charge is 0.319 e. The maximum absolute atomic E-state index is 12.1. The number of para-hydroxylation sites is 1. The summed E-state index contributed by atoms with van der Waals surface area (Å²) in [6, 6.07) is 15.9. The van der Waals surface area contributed by atoms with Gasteiger partial charge in [-0.25, -0.2) is 4.79 Å². The first-order valence-corrected chi connectivity index (χ1v) is 7.96. The van der Waals surface area contributed by atoms with Crippen LogP contribution in [0, 0.1) is 0 Å². The quantitative estimate of drug-likeness (QED) is 0.863. The Kier molecular flexibility index (Phi) is 4.42. The van der Waals surface area contributed by atoms with Crippen molar-refractivity contribution in [1.82, 2.24) is 5.32 Å². The summed E-state index contributed by atoms with van der Waals surface area (Å²) in [6.45, 7) is 2.02. The Morgan fingerprint density at radius 3 is 2.50 bits per heavy atom. The molecule has 0 spiro atoms. The molecule has 0 aromatic heterocycles. The summed E-state index contributed by atoms with van der Waals surface area (Å²) in [5.41, 5.74) is 4.89. The molecule has 3 heteroatoms. The third kappa shape index (κ3) is 3.48. The number of carbonyl (C=O) groups is 1. The molecule has 0 heterocycles. The van der Waals surface area contributed by atoms with Gasteiger partial charge in [-0.2, -0.15) is 0 Å². The molecule has 2 aromatic rings. The SMILES string of the molecule is C[C@@H](NC(=O)Nc1ccccc1)c1ccc2c(c1)CCCC2. The van der Waals surface area contributed by atoms with E-state index in [9.17, 15) is 4.79 Å². The van der Waals surface area contributed by atoms with Crippen molar-refractivity contribution in [2.75, 3.05) is 5.32 Å². The van der Waals surface area contributed by atoms with Crippen molar-refractivity contribution in [1.29, 1.82) is 0 Å². The normalized spacial score (nSPS) is 14.8. The van der Waals surface area contributed by atoms with Gasteiger partial charge in [0.05, 0.1) is 6.04 Å². The molecule has 22 heavy (non-hydrogen) atoms. The van der Waals surface area contributed by atoms with E-state index in [0.29, 0.717) is 0 Å². The molecule has 0 fully saturated rings. The second-order valence-electron chi connectivity index (χ2n) is 5.92. The number of aryl methyl sites for hydroxylation is 2. The molecule has 0 saturated heterocycles. The van der Waals surface area contributed by atoms with Crippen molar-refractivity contribution in [3.8, 4) is 0 Å². The number of benzene rings is 2. The fourth-order valence-electron chi connectivity index (χ4n) is 2.99. The fraction of sp³-hybridized carbons (Fsp3) is 0.316. The molecular formula is C19H22N2O. The highest BCUT2D eigenvalue weighted by Gasteiger charge is 2.14. The lowest BCUT2D eigenvalue weighted by molar-refractivity contribution is 0.249. The van der Waals surface area contributed by atoms with Crippen LogP contribution in [-0.2, 0) is 12.8 Å². The number of amides is 2. The van der Waals surface area contributed by atoms with Crippen LogP contribution in [0.25, 0.3) is 0 Å². The van der Waals surface area contributed by atoms with Gasteiger partial charge in [0.1, 0.15) is 0 Å². The van der Waals surface area contributed by atoms with Gasteiger partial charge in [0.25, 0.3) is 0 Å². The van der Waals surface area contributed by atoms with Crippen LogP contribution in [0.4, 0.5) is 10.5 Å². The molecule has 0 radical (unpaired) electrons. The molecule has 2 N–H and O–H groups in total. The van der Waals surface area contributed by atoms with Gasteiger partial charge in [-0.15, -0.1) is 0 Å². The standard InChI is InChI=1S/C19H22N2O/c1-14(20-19(22)21-18-9-3-2-4-10-18)16-12-11-15-7-5-6-8-17(15)13-16/h2-4,9-14H,5-8H2,1H3,(H2,20,21,22)/t14-/m1/s1. The number of hydrogen-bond donors (Lipinski definition) is 2. The Hall–Kier alpha value is -2.29. The van der Waals surface area contributed by atoms with Gasteiger partial charge in [-0.3, -0.25) is 0 Å². The lowest BCUT2D eigenvalue weighted by Crippen LogP contribution is -2.31. The summed E-state index contributed by atoms with van der Waals surface area (Å²) in [7, 11) is 0. The minimum atomic E-state index is -0.170. The average molecular weight is 294 g/mol. The Morgan fingerprint density at radius 2 is 1.73 bits per heavy atom. The Labute approximate surface area is 131 Å². The van der Waals surface area contributed by atoms with Gasteiger partial charge in [0, 0.05) is 5.69 Å². The summed E-state index contributed by atoms with van der Waals surface area (Å²) < 4.78 is 0. The molecule has 0 bridgehead atoms. The third-order valence-electron chi connectivity index (χ3n) is 4.25. The molecule has 1 aliphatic carbocycles. The molecule has 0 unspecified atom stereocenters. The minimum absolute atomic E-state index is 0.00376. The molecule has 0 aliphatic heterocycles.